The number of carbonyl (C=O) groups excluding carboxylic acids is 1. The molecule has 0 saturated heterocycles. The monoisotopic (exact) mass is 346 g/mol. The molecule has 0 aliphatic heterocycles. The maximum Gasteiger partial charge on any atom is 0.226 e. The fourth-order valence-electron chi connectivity index (χ4n) is 2.08. The lowest BCUT2D eigenvalue weighted by atomic mass is 10.1. The van der Waals surface area contributed by atoms with Crippen molar-refractivity contribution < 1.29 is 4.79 Å². The van der Waals surface area contributed by atoms with Crippen molar-refractivity contribution in [1.82, 2.24) is 0 Å². The lowest BCUT2D eigenvalue weighted by Gasteiger charge is -2.10. The molecule has 0 aromatic heterocycles. The van der Waals surface area contributed by atoms with Crippen molar-refractivity contribution in [2.24, 2.45) is 0 Å². The van der Waals surface area contributed by atoms with E-state index >= 15 is 0 Å². The van der Waals surface area contributed by atoms with Gasteiger partial charge in [-0.25, -0.2) is 0 Å². The molecule has 3 nitrogen and oxygen atoms in total. The summed E-state index contributed by atoms with van der Waals surface area (Å²) in [6.45, 7) is 4.64. The Labute approximate surface area is 133 Å². The number of aryl methyl sites for hydroxylation is 2. The van der Waals surface area contributed by atoms with E-state index in [-0.39, 0.29) is 5.91 Å². The lowest BCUT2D eigenvalue weighted by Crippen LogP contribution is -2.17. The first kappa shape index (κ1) is 15.6. The Morgan fingerprint density at radius 2 is 1.86 bits per heavy atom. The van der Waals surface area contributed by atoms with Gasteiger partial charge in [-0.1, -0.05) is 29.8 Å². The Hall–Kier alpha value is -1.81. The molecule has 0 spiro atoms. The normalized spacial score (nSPS) is 10.2. The van der Waals surface area contributed by atoms with Gasteiger partial charge >= 0.3 is 0 Å². The van der Waals surface area contributed by atoms with Crippen LogP contribution in [0.1, 0.15) is 17.5 Å². The Kier molecular flexibility index (Phi) is 5.39. The number of halogens is 1. The van der Waals surface area contributed by atoms with E-state index in [9.17, 15) is 4.79 Å². The second-order valence-electron chi connectivity index (χ2n) is 5.02. The Morgan fingerprint density at radius 3 is 2.57 bits per heavy atom. The molecule has 0 aliphatic carbocycles. The van der Waals surface area contributed by atoms with Crippen LogP contribution in [0, 0.1) is 13.8 Å². The minimum atomic E-state index is 0.0153. The van der Waals surface area contributed by atoms with Crippen LogP contribution in [-0.4, -0.2) is 12.5 Å². The number of amides is 1. The Balaban J connectivity index is 1.84. The molecule has 0 aliphatic rings. The largest absolute Gasteiger partial charge is 0.384 e. The first-order chi connectivity index (χ1) is 10.1. The van der Waals surface area contributed by atoms with Crippen molar-refractivity contribution in [2.75, 3.05) is 17.2 Å². The van der Waals surface area contributed by atoms with Crippen LogP contribution in [0.15, 0.2) is 46.9 Å². The molecule has 4 heteroatoms. The van der Waals surface area contributed by atoms with Crippen molar-refractivity contribution in [3.05, 3.63) is 58.1 Å². The molecule has 0 heterocycles. The van der Waals surface area contributed by atoms with Gasteiger partial charge in [-0.2, -0.15) is 0 Å². The van der Waals surface area contributed by atoms with E-state index in [1.165, 1.54) is 5.56 Å². The summed E-state index contributed by atoms with van der Waals surface area (Å²) >= 11 is 3.47. The van der Waals surface area contributed by atoms with Gasteiger partial charge in [-0.05, 0) is 53.5 Å². The SMILES string of the molecule is Cc1ccc(NC(=O)CCNc2ccccc2Br)c(C)c1. The summed E-state index contributed by atoms with van der Waals surface area (Å²) in [5, 5.41) is 6.19. The third-order valence-corrected chi connectivity index (χ3v) is 3.89. The molecule has 2 aromatic rings. The minimum absolute atomic E-state index is 0.0153. The Bertz CT molecular complexity index is 640. The molecule has 21 heavy (non-hydrogen) atoms. The van der Waals surface area contributed by atoms with Crippen molar-refractivity contribution in [3.8, 4) is 0 Å². The van der Waals surface area contributed by atoms with Crippen LogP contribution in [0.25, 0.3) is 0 Å². The van der Waals surface area contributed by atoms with Gasteiger partial charge in [0.25, 0.3) is 0 Å². The maximum atomic E-state index is 12.0. The number of anilines is 2. The zero-order valence-corrected chi connectivity index (χ0v) is 13.8. The van der Waals surface area contributed by atoms with Gasteiger partial charge in [0.15, 0.2) is 0 Å². The summed E-state index contributed by atoms with van der Waals surface area (Å²) in [6, 6.07) is 13.9. The van der Waals surface area contributed by atoms with E-state index in [1.54, 1.807) is 0 Å². The second-order valence-corrected chi connectivity index (χ2v) is 5.88. The van der Waals surface area contributed by atoms with E-state index < -0.39 is 0 Å². The average Bonchev–Trinajstić information content (AvgIpc) is 2.44. The predicted molar refractivity (Wildman–Crippen MR) is 91.8 cm³/mol. The highest BCUT2D eigenvalue weighted by Gasteiger charge is 2.05. The van der Waals surface area contributed by atoms with Crippen molar-refractivity contribution in [3.63, 3.8) is 0 Å². The number of para-hydroxylation sites is 1. The maximum absolute atomic E-state index is 12.0. The number of hydrogen-bond donors (Lipinski definition) is 2. The average molecular weight is 347 g/mol. The van der Waals surface area contributed by atoms with Gasteiger partial charge in [0, 0.05) is 28.8 Å². The van der Waals surface area contributed by atoms with Crippen molar-refractivity contribution in [2.45, 2.75) is 20.3 Å². The molecule has 110 valence electrons. The van der Waals surface area contributed by atoms with Crippen molar-refractivity contribution in [1.29, 1.82) is 0 Å². The first-order valence-corrected chi connectivity index (χ1v) is 7.71. The molecule has 0 fully saturated rings. The number of benzene rings is 2. The third kappa shape index (κ3) is 4.60. The fourth-order valence-corrected chi connectivity index (χ4v) is 2.51. The summed E-state index contributed by atoms with van der Waals surface area (Å²) in [4.78, 5) is 12.0. The van der Waals surface area contributed by atoms with E-state index in [2.05, 4.69) is 32.6 Å². The minimum Gasteiger partial charge on any atom is -0.384 e. The van der Waals surface area contributed by atoms with E-state index in [4.69, 9.17) is 0 Å². The highest BCUT2D eigenvalue weighted by molar-refractivity contribution is 9.10. The zero-order chi connectivity index (χ0) is 15.2. The fraction of sp³-hybridized carbons (Fsp3) is 0.235. The van der Waals surface area contributed by atoms with Crippen LogP contribution in [0.2, 0.25) is 0 Å². The molecule has 1 amide bonds. The van der Waals surface area contributed by atoms with Gasteiger partial charge < -0.3 is 10.6 Å². The number of nitrogens with one attached hydrogen (secondary N) is 2. The topological polar surface area (TPSA) is 41.1 Å². The van der Waals surface area contributed by atoms with Crippen LogP contribution in [0.3, 0.4) is 0 Å². The van der Waals surface area contributed by atoms with E-state index in [0.717, 1.165) is 21.4 Å². The number of rotatable bonds is 5. The summed E-state index contributed by atoms with van der Waals surface area (Å²) in [7, 11) is 0. The molecule has 0 saturated carbocycles. The van der Waals surface area contributed by atoms with Crippen LogP contribution in [0.5, 0.6) is 0 Å². The van der Waals surface area contributed by atoms with Gasteiger partial charge in [-0.3, -0.25) is 4.79 Å². The lowest BCUT2D eigenvalue weighted by molar-refractivity contribution is -0.115. The van der Waals surface area contributed by atoms with Crippen LogP contribution in [-0.2, 0) is 4.79 Å². The molecular formula is C17H19BrN2O. The number of carbonyl (C=O) groups is 1. The molecular weight excluding hydrogens is 328 g/mol. The van der Waals surface area contributed by atoms with Crippen LogP contribution >= 0.6 is 15.9 Å². The quantitative estimate of drug-likeness (QED) is 0.836. The van der Waals surface area contributed by atoms with Crippen LogP contribution in [0.4, 0.5) is 11.4 Å². The molecule has 2 aromatic carbocycles. The highest BCUT2D eigenvalue weighted by Crippen LogP contribution is 2.21. The standard InChI is InChI=1S/C17H19BrN2O/c1-12-7-8-15(13(2)11-12)20-17(21)9-10-19-16-6-4-3-5-14(16)18/h3-8,11,19H,9-10H2,1-2H3,(H,20,21). The molecule has 0 atom stereocenters. The zero-order valence-electron chi connectivity index (χ0n) is 12.2. The van der Waals surface area contributed by atoms with Crippen molar-refractivity contribution >= 4 is 33.2 Å². The second kappa shape index (κ2) is 7.27. The van der Waals surface area contributed by atoms with Gasteiger partial charge in [0.2, 0.25) is 5.91 Å². The molecule has 0 bridgehead atoms. The summed E-state index contributed by atoms with van der Waals surface area (Å²) in [6.07, 6.45) is 0.425. The Morgan fingerprint density at radius 1 is 1.10 bits per heavy atom. The first-order valence-electron chi connectivity index (χ1n) is 6.92. The predicted octanol–water partition coefficient (Wildman–Crippen LogP) is 4.51. The molecule has 0 unspecified atom stereocenters. The van der Waals surface area contributed by atoms with Gasteiger partial charge in [0.1, 0.15) is 0 Å². The van der Waals surface area contributed by atoms with Gasteiger partial charge in [0.05, 0.1) is 0 Å². The van der Waals surface area contributed by atoms with Crippen LogP contribution < -0.4 is 10.6 Å². The van der Waals surface area contributed by atoms with E-state index in [1.807, 2.05) is 50.2 Å². The molecule has 2 N–H and O–H groups in total. The molecule has 0 radical (unpaired) electrons. The summed E-state index contributed by atoms with van der Waals surface area (Å²) < 4.78 is 1.000. The van der Waals surface area contributed by atoms with E-state index in [0.29, 0.717) is 13.0 Å². The summed E-state index contributed by atoms with van der Waals surface area (Å²) in [5.74, 6) is 0.0153. The third-order valence-electron chi connectivity index (χ3n) is 3.20. The summed E-state index contributed by atoms with van der Waals surface area (Å²) in [5.41, 5.74) is 4.16. The molecule has 2 rings (SSSR count). The smallest absolute Gasteiger partial charge is 0.226 e. The number of hydrogen-bond acceptors (Lipinski definition) is 2. The van der Waals surface area contributed by atoms with Gasteiger partial charge in [-0.15, -0.1) is 0 Å². The highest BCUT2D eigenvalue weighted by atomic mass is 79.9.